The van der Waals surface area contributed by atoms with E-state index < -0.39 is 5.97 Å². The maximum atomic E-state index is 11.7. The smallest absolute Gasteiger partial charge is 0.319 e. The van der Waals surface area contributed by atoms with Crippen molar-refractivity contribution in [1.29, 1.82) is 0 Å². The number of amides is 2. The Morgan fingerprint density at radius 1 is 1.05 bits per heavy atom. The van der Waals surface area contributed by atoms with E-state index in [0.29, 0.717) is 13.0 Å². The largest absolute Gasteiger partial charge is 0.481 e. The van der Waals surface area contributed by atoms with Crippen LogP contribution in [0.15, 0.2) is 24.3 Å². The molecule has 0 heterocycles. The lowest BCUT2D eigenvalue weighted by Crippen LogP contribution is -2.29. The Bertz CT molecular complexity index is 490. The monoisotopic (exact) mass is 306 g/mol. The molecule has 2 amide bonds. The number of benzene rings is 1. The number of rotatable bonds is 7. The van der Waals surface area contributed by atoms with E-state index in [1.165, 1.54) is 5.56 Å². The second-order valence-corrected chi connectivity index (χ2v) is 6.41. The van der Waals surface area contributed by atoms with Gasteiger partial charge in [0.1, 0.15) is 0 Å². The molecule has 0 aromatic heterocycles. The number of aliphatic carboxylic acids is 1. The third kappa shape index (κ3) is 7.11. The predicted octanol–water partition coefficient (Wildman–Crippen LogP) is 3.75. The van der Waals surface area contributed by atoms with Crippen molar-refractivity contribution in [2.45, 2.75) is 51.9 Å². The van der Waals surface area contributed by atoms with Gasteiger partial charge >= 0.3 is 12.0 Å². The van der Waals surface area contributed by atoms with Crippen molar-refractivity contribution >= 4 is 17.7 Å². The number of carbonyl (C=O) groups is 2. The molecule has 0 unspecified atom stereocenters. The van der Waals surface area contributed by atoms with E-state index >= 15 is 0 Å². The van der Waals surface area contributed by atoms with Gasteiger partial charge in [-0.1, -0.05) is 39.3 Å². The number of nitrogens with one attached hydrogen (secondary N) is 2. The lowest BCUT2D eigenvalue weighted by Gasteiger charge is -2.19. The van der Waals surface area contributed by atoms with Crippen LogP contribution in [0.2, 0.25) is 0 Å². The van der Waals surface area contributed by atoms with Crippen LogP contribution in [0, 0.1) is 0 Å². The molecule has 0 saturated carbocycles. The maximum Gasteiger partial charge on any atom is 0.319 e. The van der Waals surface area contributed by atoms with E-state index in [-0.39, 0.29) is 17.9 Å². The summed E-state index contributed by atoms with van der Waals surface area (Å²) in [6, 6.07) is 7.59. The van der Waals surface area contributed by atoms with Crippen molar-refractivity contribution < 1.29 is 14.7 Å². The van der Waals surface area contributed by atoms with Gasteiger partial charge in [0.15, 0.2) is 0 Å². The van der Waals surface area contributed by atoms with Crippen molar-refractivity contribution in [3.8, 4) is 0 Å². The molecule has 0 saturated heterocycles. The SMILES string of the molecule is CC(C)(C)c1ccc(NC(=O)NCCCCCC(=O)O)cc1. The van der Waals surface area contributed by atoms with Crippen molar-refractivity contribution in [2.75, 3.05) is 11.9 Å². The first-order valence-electron chi connectivity index (χ1n) is 7.66. The molecule has 5 nitrogen and oxygen atoms in total. The minimum absolute atomic E-state index is 0.0940. The summed E-state index contributed by atoms with van der Waals surface area (Å²) in [5.41, 5.74) is 2.07. The molecule has 122 valence electrons. The van der Waals surface area contributed by atoms with Gasteiger partial charge in [0.05, 0.1) is 0 Å². The van der Waals surface area contributed by atoms with Crippen molar-refractivity contribution in [2.24, 2.45) is 0 Å². The van der Waals surface area contributed by atoms with E-state index in [4.69, 9.17) is 5.11 Å². The zero-order valence-corrected chi connectivity index (χ0v) is 13.6. The third-order valence-electron chi connectivity index (χ3n) is 3.36. The average molecular weight is 306 g/mol. The Morgan fingerprint density at radius 3 is 2.23 bits per heavy atom. The van der Waals surface area contributed by atoms with Crippen LogP contribution in [0.25, 0.3) is 0 Å². The van der Waals surface area contributed by atoms with Gasteiger partial charge in [-0.2, -0.15) is 0 Å². The van der Waals surface area contributed by atoms with Gasteiger partial charge in [-0.15, -0.1) is 0 Å². The fourth-order valence-electron chi connectivity index (χ4n) is 2.01. The first-order chi connectivity index (χ1) is 10.3. The highest BCUT2D eigenvalue weighted by atomic mass is 16.4. The van der Waals surface area contributed by atoms with Crippen LogP contribution in [0.5, 0.6) is 0 Å². The van der Waals surface area contributed by atoms with Crippen LogP contribution in [0.1, 0.15) is 52.0 Å². The van der Waals surface area contributed by atoms with E-state index in [9.17, 15) is 9.59 Å². The fraction of sp³-hybridized carbons (Fsp3) is 0.529. The Morgan fingerprint density at radius 2 is 1.68 bits per heavy atom. The van der Waals surface area contributed by atoms with E-state index in [1.807, 2.05) is 24.3 Å². The standard InChI is InChI=1S/C17H26N2O3/c1-17(2,3)13-8-10-14(11-9-13)19-16(22)18-12-6-4-5-7-15(20)21/h8-11H,4-7,12H2,1-3H3,(H,20,21)(H2,18,19,22). The molecule has 5 heteroatoms. The zero-order chi connectivity index (χ0) is 16.6. The first kappa shape index (κ1) is 18.0. The molecule has 1 aromatic rings. The van der Waals surface area contributed by atoms with Gasteiger partial charge in [0, 0.05) is 18.7 Å². The molecule has 0 atom stereocenters. The van der Waals surface area contributed by atoms with Crippen molar-refractivity contribution in [3.63, 3.8) is 0 Å². The summed E-state index contributed by atoms with van der Waals surface area (Å²) in [6.45, 7) is 6.98. The molecule has 22 heavy (non-hydrogen) atoms. The predicted molar refractivity (Wildman–Crippen MR) is 88.3 cm³/mol. The normalized spacial score (nSPS) is 11.0. The number of hydrogen-bond donors (Lipinski definition) is 3. The highest BCUT2D eigenvalue weighted by Gasteiger charge is 2.13. The molecular formula is C17H26N2O3. The second-order valence-electron chi connectivity index (χ2n) is 6.41. The summed E-state index contributed by atoms with van der Waals surface area (Å²) in [6.07, 6.45) is 2.41. The van der Waals surface area contributed by atoms with Crippen LogP contribution in [0.4, 0.5) is 10.5 Å². The van der Waals surface area contributed by atoms with Crippen molar-refractivity contribution in [3.05, 3.63) is 29.8 Å². The number of carboxylic acid groups (broad SMARTS) is 1. The summed E-state index contributed by atoms with van der Waals surface area (Å²) in [5.74, 6) is -0.774. The van der Waals surface area contributed by atoms with Crippen LogP contribution < -0.4 is 10.6 Å². The Balaban J connectivity index is 2.26. The summed E-state index contributed by atoms with van der Waals surface area (Å²) in [5, 5.41) is 14.1. The van der Waals surface area contributed by atoms with Crippen LogP contribution in [0.3, 0.4) is 0 Å². The zero-order valence-electron chi connectivity index (χ0n) is 13.6. The molecule has 0 aliphatic heterocycles. The lowest BCUT2D eigenvalue weighted by atomic mass is 9.87. The van der Waals surface area contributed by atoms with Gasteiger partial charge in [-0.3, -0.25) is 4.79 Å². The molecule has 1 aromatic carbocycles. The molecule has 0 spiro atoms. The molecule has 0 radical (unpaired) electrons. The Kier molecular flexibility index (Phi) is 6.89. The lowest BCUT2D eigenvalue weighted by molar-refractivity contribution is -0.137. The van der Waals surface area contributed by atoms with Gasteiger partial charge in [0.2, 0.25) is 0 Å². The summed E-state index contributed by atoms with van der Waals surface area (Å²) < 4.78 is 0. The highest BCUT2D eigenvalue weighted by Crippen LogP contribution is 2.23. The van der Waals surface area contributed by atoms with Gasteiger partial charge in [-0.05, 0) is 36.0 Å². The van der Waals surface area contributed by atoms with Crippen LogP contribution in [-0.4, -0.2) is 23.7 Å². The van der Waals surface area contributed by atoms with E-state index in [1.54, 1.807) is 0 Å². The quantitative estimate of drug-likeness (QED) is 0.671. The van der Waals surface area contributed by atoms with E-state index in [0.717, 1.165) is 18.5 Å². The summed E-state index contributed by atoms with van der Waals surface area (Å²) in [4.78, 5) is 22.1. The molecule has 1 rings (SSSR count). The number of carbonyl (C=O) groups excluding carboxylic acids is 1. The van der Waals surface area contributed by atoms with Crippen LogP contribution in [-0.2, 0) is 10.2 Å². The summed E-state index contributed by atoms with van der Waals surface area (Å²) in [7, 11) is 0. The van der Waals surface area contributed by atoms with Crippen molar-refractivity contribution in [1.82, 2.24) is 5.32 Å². The van der Waals surface area contributed by atoms with Gasteiger partial charge in [-0.25, -0.2) is 4.79 Å². The Hall–Kier alpha value is -2.04. The molecule has 0 aliphatic carbocycles. The molecule has 3 N–H and O–H groups in total. The molecule has 0 aliphatic rings. The minimum Gasteiger partial charge on any atom is -0.481 e. The third-order valence-corrected chi connectivity index (χ3v) is 3.36. The van der Waals surface area contributed by atoms with Gasteiger partial charge < -0.3 is 15.7 Å². The fourth-order valence-corrected chi connectivity index (χ4v) is 2.01. The number of carboxylic acids is 1. The molecule has 0 fully saturated rings. The second kappa shape index (κ2) is 8.41. The van der Waals surface area contributed by atoms with E-state index in [2.05, 4.69) is 31.4 Å². The number of unbranched alkanes of at least 4 members (excludes halogenated alkanes) is 2. The number of hydrogen-bond acceptors (Lipinski definition) is 2. The molecular weight excluding hydrogens is 280 g/mol. The number of urea groups is 1. The Labute approximate surface area is 132 Å². The first-order valence-corrected chi connectivity index (χ1v) is 7.66. The van der Waals surface area contributed by atoms with Gasteiger partial charge in [0.25, 0.3) is 0 Å². The van der Waals surface area contributed by atoms with Crippen LogP contribution >= 0.6 is 0 Å². The average Bonchev–Trinajstić information content (AvgIpc) is 2.42. The minimum atomic E-state index is -0.774. The maximum absolute atomic E-state index is 11.7. The topological polar surface area (TPSA) is 78.4 Å². The number of anilines is 1. The molecule has 0 bridgehead atoms. The highest BCUT2D eigenvalue weighted by molar-refractivity contribution is 5.89. The summed E-state index contributed by atoms with van der Waals surface area (Å²) >= 11 is 0.